The van der Waals surface area contributed by atoms with Gasteiger partial charge in [0.2, 0.25) is 0 Å². The highest BCUT2D eigenvalue weighted by Gasteiger charge is 2.08. The molecular weight excluding hydrogens is 286 g/mol. The highest BCUT2D eigenvalue weighted by Crippen LogP contribution is 2.20. The van der Waals surface area contributed by atoms with Crippen LogP contribution in [0.1, 0.15) is 13.8 Å². The second kappa shape index (κ2) is 8.07. The molecule has 0 atom stereocenters. The lowest BCUT2D eigenvalue weighted by Gasteiger charge is -2.08. The molecule has 4 nitrogen and oxygen atoms in total. The maximum atomic E-state index is 11.4. The van der Waals surface area contributed by atoms with E-state index in [1.54, 1.807) is 12.1 Å². The summed E-state index contributed by atoms with van der Waals surface area (Å²) < 4.78 is 4.85. The molecule has 0 heterocycles. The standard InChI is InChI=1S/C13H16ClNO3S/c1-9(2)15-12(16)7-18-13(17)8-19-11-5-3-10(14)4-6-11/h3-6,9H,7-8H2,1-2H3,(H,15,16). The average molecular weight is 302 g/mol. The Labute approximate surface area is 121 Å². The van der Waals surface area contributed by atoms with E-state index >= 15 is 0 Å². The summed E-state index contributed by atoms with van der Waals surface area (Å²) in [6, 6.07) is 7.20. The number of nitrogens with one attached hydrogen (secondary N) is 1. The summed E-state index contributed by atoms with van der Waals surface area (Å²) in [6.07, 6.45) is 0. The first kappa shape index (κ1) is 15.9. The summed E-state index contributed by atoms with van der Waals surface area (Å²) >= 11 is 7.09. The first-order valence-corrected chi connectivity index (χ1v) is 7.17. The Balaban J connectivity index is 2.24. The SMILES string of the molecule is CC(C)NC(=O)COC(=O)CSc1ccc(Cl)cc1. The summed E-state index contributed by atoms with van der Waals surface area (Å²) in [6.45, 7) is 3.45. The van der Waals surface area contributed by atoms with E-state index in [4.69, 9.17) is 16.3 Å². The van der Waals surface area contributed by atoms with Crippen molar-refractivity contribution in [2.75, 3.05) is 12.4 Å². The van der Waals surface area contributed by atoms with Gasteiger partial charge in [-0.3, -0.25) is 9.59 Å². The van der Waals surface area contributed by atoms with Crippen molar-refractivity contribution in [3.8, 4) is 0 Å². The molecule has 0 aromatic heterocycles. The van der Waals surface area contributed by atoms with Crippen LogP contribution in [0.5, 0.6) is 0 Å². The van der Waals surface area contributed by atoms with Crippen molar-refractivity contribution in [2.45, 2.75) is 24.8 Å². The van der Waals surface area contributed by atoms with Gasteiger partial charge in [-0.15, -0.1) is 11.8 Å². The number of carbonyl (C=O) groups is 2. The largest absolute Gasteiger partial charge is 0.455 e. The quantitative estimate of drug-likeness (QED) is 0.648. The minimum absolute atomic E-state index is 0.0367. The van der Waals surface area contributed by atoms with Gasteiger partial charge >= 0.3 is 5.97 Å². The van der Waals surface area contributed by atoms with Crippen molar-refractivity contribution < 1.29 is 14.3 Å². The normalized spacial score (nSPS) is 10.3. The van der Waals surface area contributed by atoms with Crippen LogP contribution >= 0.6 is 23.4 Å². The van der Waals surface area contributed by atoms with Gasteiger partial charge in [0.15, 0.2) is 6.61 Å². The van der Waals surface area contributed by atoms with E-state index in [1.807, 2.05) is 26.0 Å². The Hall–Kier alpha value is -1.20. The number of hydrogen-bond acceptors (Lipinski definition) is 4. The predicted octanol–water partition coefficient (Wildman–Crippen LogP) is 2.50. The van der Waals surface area contributed by atoms with Crippen molar-refractivity contribution in [1.29, 1.82) is 0 Å². The van der Waals surface area contributed by atoms with E-state index in [1.165, 1.54) is 11.8 Å². The number of esters is 1. The molecule has 6 heteroatoms. The van der Waals surface area contributed by atoms with Gasteiger partial charge in [-0.05, 0) is 38.1 Å². The lowest BCUT2D eigenvalue weighted by molar-refractivity contribution is -0.146. The Morgan fingerprint density at radius 2 is 1.95 bits per heavy atom. The topological polar surface area (TPSA) is 55.4 Å². The van der Waals surface area contributed by atoms with Gasteiger partial charge in [0.1, 0.15) is 0 Å². The fraction of sp³-hybridized carbons (Fsp3) is 0.385. The third-order valence-corrected chi connectivity index (χ3v) is 3.22. The molecule has 0 aliphatic rings. The molecule has 0 radical (unpaired) electrons. The molecule has 0 saturated carbocycles. The molecule has 1 N–H and O–H groups in total. The summed E-state index contributed by atoms with van der Waals surface area (Å²) in [5.41, 5.74) is 0. The molecule has 0 fully saturated rings. The number of benzene rings is 1. The van der Waals surface area contributed by atoms with E-state index in [0.717, 1.165) is 4.90 Å². The lowest BCUT2D eigenvalue weighted by Crippen LogP contribution is -2.34. The number of hydrogen-bond donors (Lipinski definition) is 1. The number of amides is 1. The van der Waals surface area contributed by atoms with Crippen molar-refractivity contribution >= 4 is 35.2 Å². The maximum Gasteiger partial charge on any atom is 0.316 e. The van der Waals surface area contributed by atoms with Gasteiger partial charge < -0.3 is 10.1 Å². The Kier molecular flexibility index (Phi) is 6.73. The second-order valence-electron chi connectivity index (χ2n) is 4.13. The monoisotopic (exact) mass is 301 g/mol. The number of halogens is 1. The summed E-state index contributed by atoms with van der Waals surface area (Å²) in [7, 11) is 0. The number of thioether (sulfide) groups is 1. The zero-order chi connectivity index (χ0) is 14.3. The molecule has 0 bridgehead atoms. The van der Waals surface area contributed by atoms with E-state index in [9.17, 15) is 9.59 Å². The second-order valence-corrected chi connectivity index (χ2v) is 5.61. The molecule has 0 unspecified atom stereocenters. The van der Waals surface area contributed by atoms with Crippen LogP contribution in [0, 0.1) is 0 Å². The molecule has 1 rings (SSSR count). The van der Waals surface area contributed by atoms with Gasteiger partial charge in [-0.1, -0.05) is 11.6 Å². The number of carbonyl (C=O) groups excluding carboxylic acids is 2. The fourth-order valence-corrected chi connectivity index (χ4v) is 2.05. The summed E-state index contributed by atoms with van der Waals surface area (Å²) in [4.78, 5) is 23.6. The number of rotatable bonds is 6. The fourth-order valence-electron chi connectivity index (χ4n) is 1.22. The summed E-state index contributed by atoms with van der Waals surface area (Å²) in [5, 5.41) is 3.29. The molecule has 104 valence electrons. The summed E-state index contributed by atoms with van der Waals surface area (Å²) in [5.74, 6) is -0.546. The van der Waals surface area contributed by atoms with Crippen LogP contribution in [-0.2, 0) is 14.3 Å². The van der Waals surface area contributed by atoms with Crippen LogP contribution in [0.3, 0.4) is 0 Å². The van der Waals surface area contributed by atoms with Crippen LogP contribution in [0.4, 0.5) is 0 Å². The molecule has 1 aromatic rings. The Morgan fingerprint density at radius 3 is 2.53 bits per heavy atom. The lowest BCUT2D eigenvalue weighted by atomic mass is 10.4. The van der Waals surface area contributed by atoms with Gasteiger partial charge in [0, 0.05) is 16.0 Å². The van der Waals surface area contributed by atoms with Crippen molar-refractivity contribution in [3.05, 3.63) is 29.3 Å². The molecule has 0 aliphatic heterocycles. The van der Waals surface area contributed by atoms with Crippen LogP contribution in [0.15, 0.2) is 29.2 Å². The number of ether oxygens (including phenoxy) is 1. The average Bonchev–Trinajstić information content (AvgIpc) is 2.35. The molecule has 0 saturated heterocycles. The zero-order valence-corrected chi connectivity index (χ0v) is 12.4. The van der Waals surface area contributed by atoms with Crippen molar-refractivity contribution in [1.82, 2.24) is 5.32 Å². The third-order valence-electron chi connectivity index (χ3n) is 1.98. The van der Waals surface area contributed by atoms with Gasteiger partial charge in [-0.25, -0.2) is 0 Å². The third kappa shape index (κ3) is 7.08. The van der Waals surface area contributed by atoms with Crippen molar-refractivity contribution in [3.63, 3.8) is 0 Å². The molecule has 0 aliphatic carbocycles. The minimum Gasteiger partial charge on any atom is -0.455 e. The van der Waals surface area contributed by atoms with Crippen LogP contribution in [-0.4, -0.2) is 30.3 Å². The first-order chi connectivity index (χ1) is 8.97. The zero-order valence-electron chi connectivity index (χ0n) is 10.8. The van der Waals surface area contributed by atoms with Crippen LogP contribution in [0.2, 0.25) is 5.02 Å². The van der Waals surface area contributed by atoms with E-state index in [-0.39, 0.29) is 24.3 Å². The van der Waals surface area contributed by atoms with E-state index in [0.29, 0.717) is 5.02 Å². The van der Waals surface area contributed by atoms with Gasteiger partial charge in [0.05, 0.1) is 5.75 Å². The molecule has 1 amide bonds. The van der Waals surface area contributed by atoms with Gasteiger partial charge in [0.25, 0.3) is 5.91 Å². The molecule has 0 spiro atoms. The maximum absolute atomic E-state index is 11.4. The first-order valence-electron chi connectivity index (χ1n) is 5.80. The van der Waals surface area contributed by atoms with Gasteiger partial charge in [-0.2, -0.15) is 0 Å². The van der Waals surface area contributed by atoms with Crippen LogP contribution < -0.4 is 5.32 Å². The molecular formula is C13H16ClNO3S. The molecule has 1 aromatic carbocycles. The van der Waals surface area contributed by atoms with E-state index < -0.39 is 5.97 Å². The highest BCUT2D eigenvalue weighted by molar-refractivity contribution is 8.00. The highest BCUT2D eigenvalue weighted by atomic mass is 35.5. The molecule has 19 heavy (non-hydrogen) atoms. The smallest absolute Gasteiger partial charge is 0.316 e. The predicted molar refractivity (Wildman–Crippen MR) is 76.4 cm³/mol. The van der Waals surface area contributed by atoms with Crippen molar-refractivity contribution in [2.24, 2.45) is 0 Å². The Bertz CT molecular complexity index is 434. The minimum atomic E-state index is -0.418. The Morgan fingerprint density at radius 1 is 1.32 bits per heavy atom. The van der Waals surface area contributed by atoms with E-state index in [2.05, 4.69) is 5.32 Å². The van der Waals surface area contributed by atoms with Crippen LogP contribution in [0.25, 0.3) is 0 Å².